The molecule has 0 atom stereocenters. The van der Waals surface area contributed by atoms with Crippen molar-refractivity contribution in [2.75, 3.05) is 0 Å². The van der Waals surface area contributed by atoms with Crippen molar-refractivity contribution in [2.24, 2.45) is 0 Å². The Morgan fingerprint density at radius 2 is 2.14 bits per heavy atom. The molecule has 0 saturated carbocycles. The summed E-state index contributed by atoms with van der Waals surface area (Å²) >= 11 is 13.6. The fraction of sp³-hybridized carbons (Fsp3) is 0.0667. The van der Waals surface area contributed by atoms with E-state index in [-0.39, 0.29) is 12.3 Å². The van der Waals surface area contributed by atoms with Crippen molar-refractivity contribution in [1.29, 1.82) is 0 Å². The number of thiophene rings is 1. The summed E-state index contributed by atoms with van der Waals surface area (Å²) in [6.45, 7) is 0.174. The molecule has 0 bridgehead atoms. The summed E-state index contributed by atoms with van der Waals surface area (Å²) in [7, 11) is 0. The average Bonchev–Trinajstić information content (AvgIpc) is 3.11. The number of aromatic nitrogens is 2. The lowest BCUT2D eigenvalue weighted by atomic mass is 10.1. The highest BCUT2D eigenvalue weighted by molar-refractivity contribution is 7.13. The number of rotatable bonds is 4. The Bertz CT molecular complexity index is 781. The Labute approximate surface area is 135 Å². The molecule has 106 valence electrons. The quantitative estimate of drug-likeness (QED) is 0.641. The van der Waals surface area contributed by atoms with Crippen LogP contribution < -0.4 is 0 Å². The van der Waals surface area contributed by atoms with Gasteiger partial charge in [-0.25, -0.2) is 4.98 Å². The number of imidazole rings is 1. The first-order valence-electron chi connectivity index (χ1n) is 6.18. The first kappa shape index (κ1) is 14.3. The third-order valence-corrected chi connectivity index (χ3v) is 4.43. The Morgan fingerprint density at radius 3 is 2.90 bits per heavy atom. The van der Waals surface area contributed by atoms with E-state index in [1.54, 1.807) is 41.9 Å². The minimum atomic E-state index is -0.0988. The van der Waals surface area contributed by atoms with Crippen LogP contribution in [0.1, 0.15) is 10.4 Å². The standard InChI is InChI=1S/C15H10Cl2N2OS/c16-10-3-4-12(17)11(8-10)13(20)9-19-6-5-18-15(19)14-2-1-7-21-14/h1-8H,9H2. The number of carbonyl (C=O) groups excluding carboxylic acids is 1. The Kier molecular flexibility index (Phi) is 4.10. The SMILES string of the molecule is O=C(Cn1ccnc1-c1cccs1)c1cc(Cl)ccc1Cl. The summed E-state index contributed by atoms with van der Waals surface area (Å²) in [4.78, 5) is 17.7. The highest BCUT2D eigenvalue weighted by Crippen LogP contribution is 2.25. The van der Waals surface area contributed by atoms with Crippen molar-refractivity contribution in [2.45, 2.75) is 6.54 Å². The predicted octanol–water partition coefficient (Wildman–Crippen LogP) is 4.80. The fourth-order valence-electron chi connectivity index (χ4n) is 2.02. The van der Waals surface area contributed by atoms with Gasteiger partial charge in [-0.3, -0.25) is 4.79 Å². The van der Waals surface area contributed by atoms with E-state index in [1.165, 1.54) is 0 Å². The molecule has 2 aromatic heterocycles. The molecular formula is C15H10Cl2N2OS. The maximum absolute atomic E-state index is 12.4. The van der Waals surface area contributed by atoms with E-state index in [1.807, 2.05) is 22.1 Å². The fourth-order valence-corrected chi connectivity index (χ4v) is 3.15. The van der Waals surface area contributed by atoms with Crippen LogP contribution in [0.5, 0.6) is 0 Å². The summed E-state index contributed by atoms with van der Waals surface area (Å²) in [6.07, 6.45) is 3.47. The molecule has 0 N–H and O–H groups in total. The molecular weight excluding hydrogens is 327 g/mol. The molecule has 0 fully saturated rings. The molecule has 2 heterocycles. The van der Waals surface area contributed by atoms with Crippen LogP contribution in [-0.2, 0) is 6.54 Å². The van der Waals surface area contributed by atoms with E-state index in [4.69, 9.17) is 23.2 Å². The molecule has 0 aliphatic rings. The zero-order valence-corrected chi connectivity index (χ0v) is 13.1. The van der Waals surface area contributed by atoms with Gasteiger partial charge in [-0.1, -0.05) is 29.3 Å². The molecule has 0 unspecified atom stereocenters. The van der Waals surface area contributed by atoms with E-state index in [2.05, 4.69) is 4.98 Å². The highest BCUT2D eigenvalue weighted by atomic mass is 35.5. The summed E-state index contributed by atoms with van der Waals surface area (Å²) < 4.78 is 1.81. The van der Waals surface area contributed by atoms with Gasteiger partial charge in [-0.05, 0) is 29.6 Å². The van der Waals surface area contributed by atoms with E-state index in [0.717, 1.165) is 10.7 Å². The minimum Gasteiger partial charge on any atom is -0.323 e. The summed E-state index contributed by atoms with van der Waals surface area (Å²) in [5.74, 6) is 0.676. The Hall–Kier alpha value is -1.62. The van der Waals surface area contributed by atoms with Gasteiger partial charge in [0.1, 0.15) is 5.82 Å². The number of nitrogens with zero attached hydrogens (tertiary/aromatic N) is 2. The molecule has 0 aliphatic carbocycles. The second kappa shape index (κ2) is 6.02. The average molecular weight is 337 g/mol. The Balaban J connectivity index is 1.89. The zero-order chi connectivity index (χ0) is 14.8. The van der Waals surface area contributed by atoms with Gasteiger partial charge in [0.15, 0.2) is 5.78 Å². The molecule has 6 heteroatoms. The third kappa shape index (κ3) is 3.02. The molecule has 0 spiro atoms. The van der Waals surface area contributed by atoms with Crippen molar-refractivity contribution in [3.05, 3.63) is 63.7 Å². The van der Waals surface area contributed by atoms with Crippen molar-refractivity contribution >= 4 is 40.3 Å². The maximum Gasteiger partial charge on any atom is 0.184 e. The number of Topliss-reactive ketones (excluding diaryl/α,β-unsaturated/α-hetero) is 1. The molecule has 1 aromatic carbocycles. The molecule has 21 heavy (non-hydrogen) atoms. The van der Waals surface area contributed by atoms with E-state index in [9.17, 15) is 4.79 Å². The molecule has 0 saturated heterocycles. The van der Waals surface area contributed by atoms with Gasteiger partial charge < -0.3 is 4.57 Å². The number of benzene rings is 1. The van der Waals surface area contributed by atoms with Crippen molar-refractivity contribution in [1.82, 2.24) is 9.55 Å². The lowest BCUT2D eigenvalue weighted by Gasteiger charge is -2.07. The number of hydrogen-bond acceptors (Lipinski definition) is 3. The normalized spacial score (nSPS) is 10.8. The minimum absolute atomic E-state index is 0.0988. The lowest BCUT2D eigenvalue weighted by molar-refractivity contribution is 0.0973. The molecule has 3 nitrogen and oxygen atoms in total. The monoisotopic (exact) mass is 336 g/mol. The van der Waals surface area contributed by atoms with Crippen LogP contribution in [0, 0.1) is 0 Å². The number of carbonyl (C=O) groups is 1. The Morgan fingerprint density at radius 1 is 1.29 bits per heavy atom. The van der Waals surface area contributed by atoms with Gasteiger partial charge in [-0.2, -0.15) is 0 Å². The van der Waals surface area contributed by atoms with Gasteiger partial charge in [0.05, 0.1) is 16.4 Å². The third-order valence-electron chi connectivity index (χ3n) is 3.00. The summed E-state index contributed by atoms with van der Waals surface area (Å²) in [5.41, 5.74) is 0.426. The van der Waals surface area contributed by atoms with Crippen LogP contribution in [0.3, 0.4) is 0 Å². The van der Waals surface area contributed by atoms with Crippen molar-refractivity contribution < 1.29 is 4.79 Å². The zero-order valence-electron chi connectivity index (χ0n) is 10.8. The van der Waals surface area contributed by atoms with Gasteiger partial charge in [-0.15, -0.1) is 11.3 Å². The molecule has 0 amide bonds. The first-order chi connectivity index (χ1) is 10.1. The predicted molar refractivity (Wildman–Crippen MR) is 86.3 cm³/mol. The van der Waals surface area contributed by atoms with Gasteiger partial charge >= 0.3 is 0 Å². The van der Waals surface area contributed by atoms with E-state index >= 15 is 0 Å². The van der Waals surface area contributed by atoms with Crippen LogP contribution >= 0.6 is 34.5 Å². The van der Waals surface area contributed by atoms with Gasteiger partial charge in [0, 0.05) is 23.0 Å². The molecule has 3 rings (SSSR count). The molecule has 0 aliphatic heterocycles. The number of ketones is 1. The van der Waals surface area contributed by atoms with Crippen molar-refractivity contribution in [3.8, 4) is 10.7 Å². The largest absolute Gasteiger partial charge is 0.323 e. The molecule has 3 aromatic rings. The van der Waals surface area contributed by atoms with Crippen LogP contribution in [0.25, 0.3) is 10.7 Å². The van der Waals surface area contributed by atoms with Crippen LogP contribution in [-0.4, -0.2) is 15.3 Å². The van der Waals surface area contributed by atoms with E-state index in [0.29, 0.717) is 15.6 Å². The maximum atomic E-state index is 12.4. The van der Waals surface area contributed by atoms with Crippen LogP contribution in [0.15, 0.2) is 48.1 Å². The molecule has 0 radical (unpaired) electrons. The van der Waals surface area contributed by atoms with Gasteiger partial charge in [0.2, 0.25) is 0 Å². The van der Waals surface area contributed by atoms with E-state index < -0.39 is 0 Å². The highest BCUT2D eigenvalue weighted by Gasteiger charge is 2.14. The van der Waals surface area contributed by atoms with Crippen LogP contribution in [0.2, 0.25) is 10.0 Å². The summed E-state index contributed by atoms with van der Waals surface area (Å²) in [5, 5.41) is 2.87. The first-order valence-corrected chi connectivity index (χ1v) is 7.82. The number of halogens is 2. The second-order valence-electron chi connectivity index (χ2n) is 4.40. The summed E-state index contributed by atoms with van der Waals surface area (Å²) in [6, 6.07) is 8.81. The topological polar surface area (TPSA) is 34.9 Å². The van der Waals surface area contributed by atoms with Crippen LogP contribution in [0.4, 0.5) is 0 Å². The lowest BCUT2D eigenvalue weighted by Crippen LogP contribution is -2.11. The number of hydrogen-bond donors (Lipinski definition) is 0. The second-order valence-corrected chi connectivity index (χ2v) is 6.19. The van der Waals surface area contributed by atoms with Gasteiger partial charge in [0.25, 0.3) is 0 Å². The smallest absolute Gasteiger partial charge is 0.184 e. The van der Waals surface area contributed by atoms with Crippen molar-refractivity contribution in [3.63, 3.8) is 0 Å².